The van der Waals surface area contributed by atoms with Gasteiger partial charge in [-0.15, -0.1) is 0 Å². The van der Waals surface area contributed by atoms with E-state index in [0.29, 0.717) is 33.7 Å². The summed E-state index contributed by atoms with van der Waals surface area (Å²) in [7, 11) is -3.79. The zero-order valence-corrected chi connectivity index (χ0v) is 15.4. The van der Waals surface area contributed by atoms with E-state index in [1.165, 1.54) is 12.1 Å². The minimum atomic E-state index is -3.79. The molecule has 8 heteroatoms. The molecule has 0 bridgehead atoms. The first-order valence-electron chi connectivity index (χ1n) is 7.08. The summed E-state index contributed by atoms with van der Waals surface area (Å²) in [5.41, 5.74) is 0.954. The molecule has 2 aromatic carbocycles. The summed E-state index contributed by atoms with van der Waals surface area (Å²) in [4.78, 5) is 2.27. The fraction of sp³-hybridized carbons (Fsp3) is 0.188. The summed E-state index contributed by atoms with van der Waals surface area (Å²) in [6.45, 7) is 4.00. The smallest absolute Gasteiger partial charge is 0.276 e. The third kappa shape index (κ3) is 4.63. The first kappa shape index (κ1) is 18.6. The van der Waals surface area contributed by atoms with Crippen LogP contribution in [0.4, 0.5) is 0 Å². The molecule has 0 spiro atoms. The maximum atomic E-state index is 12.3. The van der Waals surface area contributed by atoms with Crippen LogP contribution in [-0.2, 0) is 10.0 Å². The standard InChI is InChI=1S/C16H16Cl2N2O3S/c1-3-23-13-5-7-14(8-6-13)24(21,22)20-19-11(2)15-10-12(17)4-9-16(15)18/h4-10,20H,3H2,1-2H3/b19-11+. The first-order chi connectivity index (χ1) is 11.3. The van der Waals surface area contributed by atoms with Crippen LogP contribution in [0.25, 0.3) is 0 Å². The summed E-state index contributed by atoms with van der Waals surface area (Å²) in [5.74, 6) is 0.599. The zero-order valence-electron chi connectivity index (χ0n) is 13.1. The molecule has 2 rings (SSSR count). The number of hydrazone groups is 1. The van der Waals surface area contributed by atoms with Gasteiger partial charge in [0.05, 0.1) is 17.2 Å². The van der Waals surface area contributed by atoms with E-state index in [1.54, 1.807) is 37.3 Å². The average molecular weight is 387 g/mol. The molecule has 0 radical (unpaired) electrons. The van der Waals surface area contributed by atoms with Crippen LogP contribution in [0, 0.1) is 0 Å². The Hall–Kier alpha value is -1.76. The highest BCUT2D eigenvalue weighted by molar-refractivity contribution is 7.89. The van der Waals surface area contributed by atoms with Gasteiger partial charge in [-0.3, -0.25) is 0 Å². The number of ether oxygens (including phenoxy) is 1. The van der Waals surface area contributed by atoms with Gasteiger partial charge >= 0.3 is 0 Å². The van der Waals surface area contributed by atoms with Gasteiger partial charge in [0, 0.05) is 15.6 Å². The van der Waals surface area contributed by atoms with Crippen LogP contribution in [0.3, 0.4) is 0 Å². The predicted octanol–water partition coefficient (Wildman–Crippen LogP) is 4.09. The van der Waals surface area contributed by atoms with Gasteiger partial charge in [-0.25, -0.2) is 0 Å². The van der Waals surface area contributed by atoms with E-state index < -0.39 is 10.0 Å². The van der Waals surface area contributed by atoms with Crippen LogP contribution in [0.1, 0.15) is 19.4 Å². The Morgan fingerprint density at radius 3 is 2.46 bits per heavy atom. The molecule has 0 aromatic heterocycles. The number of benzene rings is 2. The van der Waals surface area contributed by atoms with Crippen molar-refractivity contribution < 1.29 is 13.2 Å². The van der Waals surface area contributed by atoms with Crippen LogP contribution >= 0.6 is 23.2 Å². The normalized spacial score (nSPS) is 12.1. The van der Waals surface area contributed by atoms with Gasteiger partial charge in [0.1, 0.15) is 5.75 Å². The highest BCUT2D eigenvalue weighted by atomic mass is 35.5. The third-order valence-corrected chi connectivity index (χ3v) is 4.89. The Balaban J connectivity index is 2.20. The van der Waals surface area contributed by atoms with Gasteiger partial charge in [-0.2, -0.15) is 18.4 Å². The fourth-order valence-corrected chi connectivity index (χ4v) is 3.18. The zero-order chi connectivity index (χ0) is 17.7. The molecule has 0 aliphatic rings. The molecule has 0 aliphatic heterocycles. The molecule has 0 unspecified atom stereocenters. The van der Waals surface area contributed by atoms with Crippen LogP contribution in [0.2, 0.25) is 10.0 Å². The Bertz CT molecular complexity index is 850. The van der Waals surface area contributed by atoms with Crippen molar-refractivity contribution in [3.63, 3.8) is 0 Å². The van der Waals surface area contributed by atoms with Crippen LogP contribution in [0.15, 0.2) is 52.5 Å². The molecular weight excluding hydrogens is 371 g/mol. The molecular formula is C16H16Cl2N2O3S. The monoisotopic (exact) mass is 386 g/mol. The van der Waals surface area contributed by atoms with Crippen molar-refractivity contribution in [2.45, 2.75) is 18.7 Å². The van der Waals surface area contributed by atoms with Crippen molar-refractivity contribution in [1.29, 1.82) is 0 Å². The lowest BCUT2D eigenvalue weighted by Crippen LogP contribution is -2.20. The topological polar surface area (TPSA) is 67.8 Å². The number of hydrogen-bond acceptors (Lipinski definition) is 4. The quantitative estimate of drug-likeness (QED) is 0.600. The highest BCUT2D eigenvalue weighted by Crippen LogP contribution is 2.21. The Labute approximate surface area is 151 Å². The van der Waals surface area contributed by atoms with E-state index in [2.05, 4.69) is 9.93 Å². The first-order valence-corrected chi connectivity index (χ1v) is 9.32. The van der Waals surface area contributed by atoms with Crippen molar-refractivity contribution in [2.75, 3.05) is 6.61 Å². The second kappa shape index (κ2) is 7.88. The molecule has 0 heterocycles. The van der Waals surface area contributed by atoms with E-state index in [9.17, 15) is 8.42 Å². The van der Waals surface area contributed by atoms with Crippen molar-refractivity contribution in [1.82, 2.24) is 4.83 Å². The second-order valence-electron chi connectivity index (χ2n) is 4.82. The van der Waals surface area contributed by atoms with Gasteiger partial charge in [0.25, 0.3) is 10.0 Å². The van der Waals surface area contributed by atoms with E-state index in [-0.39, 0.29) is 4.90 Å². The number of hydrogen-bond donors (Lipinski definition) is 1. The molecule has 0 aliphatic carbocycles. The largest absolute Gasteiger partial charge is 0.494 e. The summed E-state index contributed by atoms with van der Waals surface area (Å²) >= 11 is 12.0. The molecule has 5 nitrogen and oxygen atoms in total. The fourth-order valence-electron chi connectivity index (χ4n) is 1.90. The molecule has 0 saturated heterocycles. The van der Waals surface area contributed by atoms with Gasteiger partial charge in [-0.05, 0) is 56.3 Å². The van der Waals surface area contributed by atoms with Crippen molar-refractivity contribution in [3.8, 4) is 5.75 Å². The number of halogens is 2. The number of rotatable bonds is 6. The van der Waals surface area contributed by atoms with Gasteiger partial charge in [-0.1, -0.05) is 23.2 Å². The lowest BCUT2D eigenvalue weighted by molar-refractivity contribution is 0.340. The molecule has 1 N–H and O–H groups in total. The molecule has 0 saturated carbocycles. The number of nitrogens with one attached hydrogen (secondary N) is 1. The molecule has 24 heavy (non-hydrogen) atoms. The summed E-state index contributed by atoms with van der Waals surface area (Å²) in [6.07, 6.45) is 0. The average Bonchev–Trinajstić information content (AvgIpc) is 2.56. The van der Waals surface area contributed by atoms with E-state index in [4.69, 9.17) is 27.9 Å². The highest BCUT2D eigenvalue weighted by Gasteiger charge is 2.14. The lowest BCUT2D eigenvalue weighted by atomic mass is 10.1. The minimum Gasteiger partial charge on any atom is -0.494 e. The van der Waals surface area contributed by atoms with E-state index in [0.717, 1.165) is 0 Å². The van der Waals surface area contributed by atoms with Gasteiger partial charge in [0.2, 0.25) is 0 Å². The SMILES string of the molecule is CCOc1ccc(S(=O)(=O)N/N=C(\C)c2cc(Cl)ccc2Cl)cc1. The third-order valence-electron chi connectivity index (χ3n) is 3.10. The Morgan fingerprint density at radius 1 is 1.17 bits per heavy atom. The number of sulfonamides is 1. The van der Waals surface area contributed by atoms with E-state index in [1.807, 2.05) is 6.92 Å². The molecule has 128 valence electrons. The van der Waals surface area contributed by atoms with Crippen LogP contribution < -0.4 is 9.57 Å². The van der Waals surface area contributed by atoms with Crippen LogP contribution in [-0.4, -0.2) is 20.7 Å². The lowest BCUT2D eigenvalue weighted by Gasteiger charge is -2.08. The summed E-state index contributed by atoms with van der Waals surface area (Å²) in [5, 5.41) is 4.82. The summed E-state index contributed by atoms with van der Waals surface area (Å²) < 4.78 is 29.8. The maximum absolute atomic E-state index is 12.3. The molecule has 0 fully saturated rings. The summed E-state index contributed by atoms with van der Waals surface area (Å²) in [6, 6.07) is 11.0. The van der Waals surface area contributed by atoms with Crippen molar-refractivity contribution in [2.24, 2.45) is 5.10 Å². The van der Waals surface area contributed by atoms with Gasteiger partial charge in [0.15, 0.2) is 0 Å². The van der Waals surface area contributed by atoms with Crippen molar-refractivity contribution >= 4 is 38.9 Å². The second-order valence-corrected chi connectivity index (χ2v) is 7.33. The van der Waals surface area contributed by atoms with E-state index >= 15 is 0 Å². The Kier molecular flexibility index (Phi) is 6.10. The number of nitrogens with zero attached hydrogens (tertiary/aromatic N) is 1. The Morgan fingerprint density at radius 2 is 1.83 bits per heavy atom. The predicted molar refractivity (Wildman–Crippen MR) is 96.6 cm³/mol. The minimum absolute atomic E-state index is 0.0831. The molecule has 0 atom stereocenters. The van der Waals surface area contributed by atoms with Gasteiger partial charge < -0.3 is 4.74 Å². The maximum Gasteiger partial charge on any atom is 0.276 e. The molecule has 0 amide bonds. The molecule has 2 aromatic rings. The van der Waals surface area contributed by atoms with Crippen LogP contribution in [0.5, 0.6) is 5.75 Å². The van der Waals surface area contributed by atoms with Crippen molar-refractivity contribution in [3.05, 3.63) is 58.1 Å².